The van der Waals surface area contributed by atoms with Gasteiger partial charge in [0.25, 0.3) is 0 Å². The number of piperazine rings is 1. The molecular formula is C19H30N4O2. The number of rotatable bonds is 1. The average Bonchev–Trinajstić information content (AvgIpc) is 2.52. The number of carbonyl (C=O) groups is 1. The minimum Gasteiger partial charge on any atom is -0.444 e. The molecule has 1 aromatic heterocycles. The molecule has 6 heteroatoms. The zero-order valence-electron chi connectivity index (χ0n) is 16.1. The van der Waals surface area contributed by atoms with Gasteiger partial charge in [-0.25, -0.2) is 14.8 Å². The van der Waals surface area contributed by atoms with Crippen molar-refractivity contribution in [2.45, 2.75) is 71.9 Å². The first kappa shape index (κ1) is 18.0. The first-order valence-corrected chi connectivity index (χ1v) is 9.35. The van der Waals surface area contributed by atoms with Gasteiger partial charge in [0, 0.05) is 36.9 Å². The first-order valence-electron chi connectivity index (χ1n) is 9.35. The van der Waals surface area contributed by atoms with Crippen LogP contribution in [0.4, 0.5) is 10.6 Å². The van der Waals surface area contributed by atoms with E-state index in [1.54, 1.807) is 0 Å². The van der Waals surface area contributed by atoms with Crippen LogP contribution in [0.25, 0.3) is 0 Å². The number of ether oxygens (including phenoxy) is 1. The van der Waals surface area contributed by atoms with Crippen molar-refractivity contribution in [2.75, 3.05) is 24.5 Å². The Balaban J connectivity index is 1.76. The Morgan fingerprint density at radius 2 is 1.88 bits per heavy atom. The number of anilines is 1. The zero-order valence-corrected chi connectivity index (χ0v) is 16.1. The number of amides is 1. The summed E-state index contributed by atoms with van der Waals surface area (Å²) in [4.78, 5) is 25.9. The molecule has 2 heterocycles. The summed E-state index contributed by atoms with van der Waals surface area (Å²) in [7, 11) is 0. The third-order valence-corrected chi connectivity index (χ3v) is 4.82. The number of hydrogen-bond donors (Lipinski definition) is 0. The van der Waals surface area contributed by atoms with E-state index in [4.69, 9.17) is 9.72 Å². The fourth-order valence-corrected chi connectivity index (χ4v) is 3.70. The summed E-state index contributed by atoms with van der Waals surface area (Å²) in [6, 6.07) is 0.210. The van der Waals surface area contributed by atoms with Gasteiger partial charge in [-0.1, -0.05) is 0 Å². The molecule has 1 amide bonds. The topological polar surface area (TPSA) is 58.6 Å². The zero-order chi connectivity index (χ0) is 18.2. The molecule has 0 bridgehead atoms. The van der Waals surface area contributed by atoms with E-state index in [1.165, 1.54) is 24.1 Å². The predicted molar refractivity (Wildman–Crippen MR) is 98.0 cm³/mol. The van der Waals surface area contributed by atoms with Crippen molar-refractivity contribution in [1.29, 1.82) is 0 Å². The van der Waals surface area contributed by atoms with Gasteiger partial charge in [-0.3, -0.25) is 0 Å². The Hall–Kier alpha value is -1.85. The molecule has 1 aromatic rings. The van der Waals surface area contributed by atoms with Crippen molar-refractivity contribution >= 4 is 11.9 Å². The lowest BCUT2D eigenvalue weighted by atomic mass is 9.95. The molecule has 0 N–H and O–H groups in total. The number of aryl methyl sites for hydroxylation is 2. The Labute approximate surface area is 150 Å². The summed E-state index contributed by atoms with van der Waals surface area (Å²) in [6.07, 6.45) is 4.31. The van der Waals surface area contributed by atoms with Gasteiger partial charge in [-0.15, -0.1) is 0 Å². The van der Waals surface area contributed by atoms with Gasteiger partial charge in [0.1, 0.15) is 17.2 Å². The lowest BCUT2D eigenvalue weighted by molar-refractivity contribution is 0.0218. The SMILES string of the molecule is Cc1nc2c(c(N3CCN(C(=O)OC(C)(C)C)C[C@H]3C)n1)CCCC2. The van der Waals surface area contributed by atoms with Crippen LogP contribution in [-0.4, -0.2) is 52.2 Å². The molecule has 138 valence electrons. The highest BCUT2D eigenvalue weighted by atomic mass is 16.6. The Morgan fingerprint density at radius 1 is 1.16 bits per heavy atom. The second-order valence-corrected chi connectivity index (χ2v) is 8.20. The van der Waals surface area contributed by atoms with Crippen LogP contribution in [0.5, 0.6) is 0 Å². The lowest BCUT2D eigenvalue weighted by Crippen LogP contribution is -2.55. The molecule has 1 saturated heterocycles. The fraction of sp³-hybridized carbons (Fsp3) is 0.737. The van der Waals surface area contributed by atoms with Crippen molar-refractivity contribution in [3.63, 3.8) is 0 Å². The second-order valence-electron chi connectivity index (χ2n) is 8.20. The molecule has 0 unspecified atom stereocenters. The molecule has 0 aromatic carbocycles. The third-order valence-electron chi connectivity index (χ3n) is 4.82. The van der Waals surface area contributed by atoms with Crippen LogP contribution < -0.4 is 4.90 Å². The van der Waals surface area contributed by atoms with Crippen LogP contribution in [0.3, 0.4) is 0 Å². The molecule has 1 aliphatic heterocycles. The van der Waals surface area contributed by atoms with Gasteiger partial charge in [0.05, 0.1) is 0 Å². The van der Waals surface area contributed by atoms with Crippen molar-refractivity contribution in [2.24, 2.45) is 0 Å². The standard InChI is InChI=1S/C19H30N4O2/c1-13-12-22(18(24)25-19(3,4)5)10-11-23(13)17-15-8-6-7-9-16(15)20-14(2)21-17/h13H,6-12H2,1-5H3/t13-/m1/s1. The molecule has 25 heavy (non-hydrogen) atoms. The summed E-state index contributed by atoms with van der Waals surface area (Å²) in [5, 5.41) is 0. The van der Waals surface area contributed by atoms with Crippen molar-refractivity contribution in [3.05, 3.63) is 17.1 Å². The fourth-order valence-electron chi connectivity index (χ4n) is 3.70. The van der Waals surface area contributed by atoms with Crippen LogP contribution in [0, 0.1) is 6.92 Å². The summed E-state index contributed by atoms with van der Waals surface area (Å²) in [6.45, 7) is 11.9. The number of nitrogens with zero attached hydrogens (tertiary/aromatic N) is 4. The van der Waals surface area contributed by atoms with Gasteiger partial charge in [-0.2, -0.15) is 0 Å². The minimum absolute atomic E-state index is 0.210. The van der Waals surface area contributed by atoms with E-state index in [9.17, 15) is 4.79 Å². The Bertz CT molecular complexity index is 654. The van der Waals surface area contributed by atoms with Crippen LogP contribution >= 0.6 is 0 Å². The Morgan fingerprint density at radius 3 is 2.56 bits per heavy atom. The van der Waals surface area contributed by atoms with E-state index in [1.807, 2.05) is 32.6 Å². The summed E-state index contributed by atoms with van der Waals surface area (Å²) < 4.78 is 5.52. The molecule has 3 rings (SSSR count). The van der Waals surface area contributed by atoms with E-state index in [0.29, 0.717) is 13.1 Å². The summed E-state index contributed by atoms with van der Waals surface area (Å²) >= 11 is 0. The molecular weight excluding hydrogens is 316 g/mol. The van der Waals surface area contributed by atoms with Crippen LogP contribution in [0.1, 0.15) is 57.6 Å². The third kappa shape index (κ3) is 4.05. The van der Waals surface area contributed by atoms with Crippen LogP contribution in [0.2, 0.25) is 0 Å². The highest BCUT2D eigenvalue weighted by molar-refractivity contribution is 5.69. The van der Waals surface area contributed by atoms with E-state index in [0.717, 1.165) is 31.0 Å². The lowest BCUT2D eigenvalue weighted by Gasteiger charge is -2.41. The van der Waals surface area contributed by atoms with Crippen LogP contribution in [-0.2, 0) is 17.6 Å². The maximum Gasteiger partial charge on any atom is 0.410 e. The van der Waals surface area contributed by atoms with Gasteiger partial charge >= 0.3 is 6.09 Å². The molecule has 6 nitrogen and oxygen atoms in total. The van der Waals surface area contributed by atoms with Gasteiger partial charge in [0.15, 0.2) is 0 Å². The van der Waals surface area contributed by atoms with Gasteiger partial charge in [0.2, 0.25) is 0 Å². The molecule has 0 radical (unpaired) electrons. The van der Waals surface area contributed by atoms with E-state index < -0.39 is 5.60 Å². The predicted octanol–water partition coefficient (Wildman–Crippen LogP) is 3.11. The highest BCUT2D eigenvalue weighted by Gasteiger charge is 2.32. The number of aromatic nitrogens is 2. The van der Waals surface area contributed by atoms with Crippen molar-refractivity contribution < 1.29 is 9.53 Å². The Kier molecular flexibility index (Phi) is 4.89. The molecule has 1 fully saturated rings. The van der Waals surface area contributed by atoms with Gasteiger partial charge < -0.3 is 14.5 Å². The second kappa shape index (κ2) is 6.81. The maximum absolute atomic E-state index is 12.3. The minimum atomic E-state index is -0.458. The smallest absolute Gasteiger partial charge is 0.410 e. The molecule has 0 spiro atoms. The van der Waals surface area contributed by atoms with Crippen molar-refractivity contribution in [1.82, 2.24) is 14.9 Å². The molecule has 0 saturated carbocycles. The summed E-state index contributed by atoms with van der Waals surface area (Å²) in [5.74, 6) is 1.93. The largest absolute Gasteiger partial charge is 0.444 e. The quantitative estimate of drug-likeness (QED) is 0.782. The first-order chi connectivity index (χ1) is 11.7. The average molecular weight is 346 g/mol. The van der Waals surface area contributed by atoms with E-state index in [2.05, 4.69) is 16.8 Å². The maximum atomic E-state index is 12.3. The summed E-state index contributed by atoms with van der Waals surface area (Å²) in [5.41, 5.74) is 2.07. The number of carbonyl (C=O) groups excluding carboxylic acids is 1. The normalized spacial score (nSPS) is 21.1. The monoisotopic (exact) mass is 346 g/mol. The van der Waals surface area contributed by atoms with Gasteiger partial charge in [-0.05, 0) is 60.3 Å². The number of hydrogen-bond acceptors (Lipinski definition) is 5. The van der Waals surface area contributed by atoms with Crippen molar-refractivity contribution in [3.8, 4) is 0 Å². The highest BCUT2D eigenvalue weighted by Crippen LogP contribution is 2.30. The van der Waals surface area contributed by atoms with Crippen LogP contribution in [0.15, 0.2) is 0 Å². The van der Waals surface area contributed by atoms with E-state index >= 15 is 0 Å². The number of fused-ring (bicyclic) bond motifs is 1. The molecule has 1 aliphatic carbocycles. The van der Waals surface area contributed by atoms with E-state index in [-0.39, 0.29) is 12.1 Å². The molecule has 2 aliphatic rings. The molecule has 1 atom stereocenters.